The van der Waals surface area contributed by atoms with Gasteiger partial charge in [-0.3, -0.25) is 9.48 Å². The van der Waals surface area contributed by atoms with E-state index in [-0.39, 0.29) is 11.7 Å². The minimum Gasteiger partial charge on any atom is -0.323 e. The van der Waals surface area contributed by atoms with E-state index in [2.05, 4.69) is 26.3 Å². The van der Waals surface area contributed by atoms with Crippen LogP contribution in [0.4, 0.5) is 10.1 Å². The van der Waals surface area contributed by atoms with E-state index >= 15 is 0 Å². The van der Waals surface area contributed by atoms with E-state index in [4.69, 9.17) is 0 Å². The molecule has 0 aliphatic heterocycles. The fraction of sp³-hybridized carbons (Fsp3) is 0.0588. The molecule has 1 aromatic heterocycles. The van der Waals surface area contributed by atoms with E-state index < -0.39 is 6.04 Å². The number of aromatic nitrogens is 2. The molecule has 0 aliphatic rings. The number of hydrogen-bond donors (Lipinski definition) is 1. The second kappa shape index (κ2) is 6.75. The van der Waals surface area contributed by atoms with Gasteiger partial charge in [0, 0.05) is 16.9 Å². The topological polar surface area (TPSA) is 46.9 Å². The quantitative estimate of drug-likeness (QED) is 0.750. The largest absolute Gasteiger partial charge is 0.323 e. The molecule has 1 N–H and O–H groups in total. The summed E-state index contributed by atoms with van der Waals surface area (Å²) in [6.45, 7) is 0. The van der Waals surface area contributed by atoms with Crippen molar-refractivity contribution in [3.8, 4) is 0 Å². The van der Waals surface area contributed by atoms with Crippen LogP contribution in [-0.4, -0.2) is 15.7 Å². The summed E-state index contributed by atoms with van der Waals surface area (Å²) < 4.78 is 15.2. The molecule has 0 spiro atoms. The molecular weight excluding hydrogens is 361 g/mol. The Morgan fingerprint density at radius 3 is 2.61 bits per heavy atom. The molecule has 2 aromatic carbocycles. The summed E-state index contributed by atoms with van der Waals surface area (Å²) >= 11 is 3.25. The van der Waals surface area contributed by atoms with Crippen molar-refractivity contribution in [2.45, 2.75) is 6.04 Å². The summed E-state index contributed by atoms with van der Waals surface area (Å²) in [6, 6.07) is 14.6. The zero-order valence-electron chi connectivity index (χ0n) is 12.0. The maximum atomic E-state index is 13.2. The molecule has 116 valence electrons. The minimum atomic E-state index is -0.608. The molecule has 1 heterocycles. The highest BCUT2D eigenvalue weighted by Crippen LogP contribution is 2.25. The summed E-state index contributed by atoms with van der Waals surface area (Å²) in [4.78, 5) is 12.8. The highest BCUT2D eigenvalue weighted by molar-refractivity contribution is 9.10. The molecule has 0 saturated carbocycles. The lowest BCUT2D eigenvalue weighted by Crippen LogP contribution is -2.27. The molecule has 1 unspecified atom stereocenters. The van der Waals surface area contributed by atoms with Crippen molar-refractivity contribution in [1.29, 1.82) is 0 Å². The molecular formula is C17H13BrFN3O. The predicted molar refractivity (Wildman–Crippen MR) is 89.5 cm³/mol. The molecule has 4 nitrogen and oxygen atoms in total. The standard InChI is InChI=1S/C17H13BrFN3O/c18-14-11-13(19)7-8-15(14)21-17(23)16(22-10-4-9-20-22)12-5-2-1-3-6-12/h1-11,16H,(H,21,23). The van der Waals surface area contributed by atoms with E-state index in [0.717, 1.165) is 5.56 Å². The van der Waals surface area contributed by atoms with Crippen molar-refractivity contribution >= 4 is 27.5 Å². The minimum absolute atomic E-state index is 0.257. The summed E-state index contributed by atoms with van der Waals surface area (Å²) in [7, 11) is 0. The molecule has 0 saturated heterocycles. The smallest absolute Gasteiger partial charge is 0.253 e. The van der Waals surface area contributed by atoms with E-state index in [1.807, 2.05) is 30.3 Å². The summed E-state index contributed by atoms with van der Waals surface area (Å²) in [5.74, 6) is -0.631. The molecule has 1 amide bonds. The molecule has 0 radical (unpaired) electrons. The van der Waals surface area contributed by atoms with Gasteiger partial charge in [-0.05, 0) is 45.8 Å². The fourth-order valence-corrected chi connectivity index (χ4v) is 2.73. The zero-order chi connectivity index (χ0) is 16.2. The lowest BCUT2D eigenvalue weighted by molar-refractivity contribution is -0.118. The second-order valence-electron chi connectivity index (χ2n) is 4.91. The number of nitrogens with zero attached hydrogens (tertiary/aromatic N) is 2. The second-order valence-corrected chi connectivity index (χ2v) is 5.77. The lowest BCUT2D eigenvalue weighted by atomic mass is 10.1. The third kappa shape index (κ3) is 3.48. The fourth-order valence-electron chi connectivity index (χ4n) is 2.28. The van der Waals surface area contributed by atoms with Crippen molar-refractivity contribution in [1.82, 2.24) is 9.78 Å². The van der Waals surface area contributed by atoms with E-state index in [1.165, 1.54) is 18.2 Å². The molecule has 23 heavy (non-hydrogen) atoms. The number of carbonyl (C=O) groups excluding carboxylic acids is 1. The van der Waals surface area contributed by atoms with Gasteiger partial charge >= 0.3 is 0 Å². The number of nitrogens with one attached hydrogen (secondary N) is 1. The van der Waals surface area contributed by atoms with Crippen LogP contribution in [0, 0.1) is 5.82 Å². The van der Waals surface area contributed by atoms with Crippen LogP contribution in [0.5, 0.6) is 0 Å². The maximum Gasteiger partial charge on any atom is 0.253 e. The van der Waals surface area contributed by atoms with Crippen molar-refractivity contribution in [2.75, 3.05) is 5.32 Å². The summed E-state index contributed by atoms with van der Waals surface area (Å²) in [6.07, 6.45) is 3.36. The number of halogens is 2. The zero-order valence-corrected chi connectivity index (χ0v) is 13.6. The van der Waals surface area contributed by atoms with Gasteiger partial charge in [-0.2, -0.15) is 5.10 Å². The van der Waals surface area contributed by atoms with Gasteiger partial charge in [-0.25, -0.2) is 4.39 Å². The Hall–Kier alpha value is -2.47. The number of rotatable bonds is 4. The van der Waals surface area contributed by atoms with Crippen LogP contribution >= 0.6 is 15.9 Å². The van der Waals surface area contributed by atoms with E-state index in [1.54, 1.807) is 23.1 Å². The van der Waals surface area contributed by atoms with Crippen LogP contribution < -0.4 is 5.32 Å². The number of benzene rings is 2. The molecule has 0 aliphatic carbocycles. The first kappa shape index (κ1) is 15.4. The SMILES string of the molecule is O=C(Nc1ccc(F)cc1Br)C(c1ccccc1)n1cccn1. The van der Waals surface area contributed by atoms with E-state index in [0.29, 0.717) is 10.2 Å². The first-order valence-electron chi connectivity index (χ1n) is 6.95. The third-order valence-electron chi connectivity index (χ3n) is 3.34. The van der Waals surface area contributed by atoms with Crippen LogP contribution in [0.3, 0.4) is 0 Å². The number of amides is 1. The van der Waals surface area contributed by atoms with Crippen LogP contribution in [0.25, 0.3) is 0 Å². The van der Waals surface area contributed by atoms with Gasteiger partial charge in [0.05, 0.1) is 5.69 Å². The van der Waals surface area contributed by atoms with Crippen LogP contribution in [-0.2, 0) is 4.79 Å². The maximum absolute atomic E-state index is 13.2. The van der Waals surface area contributed by atoms with Crippen molar-refractivity contribution in [2.24, 2.45) is 0 Å². The number of carbonyl (C=O) groups is 1. The van der Waals surface area contributed by atoms with Gasteiger partial charge in [0.15, 0.2) is 6.04 Å². The molecule has 1 atom stereocenters. The van der Waals surface area contributed by atoms with Gasteiger partial charge in [-0.1, -0.05) is 30.3 Å². The Balaban J connectivity index is 1.92. The molecule has 0 fully saturated rings. The molecule has 6 heteroatoms. The van der Waals surface area contributed by atoms with Crippen LogP contribution in [0.15, 0.2) is 71.5 Å². The number of hydrogen-bond acceptors (Lipinski definition) is 2. The molecule has 3 aromatic rings. The Morgan fingerprint density at radius 2 is 1.96 bits per heavy atom. The van der Waals surface area contributed by atoms with Crippen LogP contribution in [0.2, 0.25) is 0 Å². The average molecular weight is 374 g/mol. The van der Waals surface area contributed by atoms with Gasteiger partial charge in [0.1, 0.15) is 5.82 Å². The Bertz CT molecular complexity index is 806. The first-order valence-corrected chi connectivity index (χ1v) is 7.74. The van der Waals surface area contributed by atoms with Gasteiger partial charge in [0.25, 0.3) is 5.91 Å². The Labute approximate surface area is 141 Å². The predicted octanol–water partition coefficient (Wildman–Crippen LogP) is 4.01. The molecule has 3 rings (SSSR count). The highest BCUT2D eigenvalue weighted by Gasteiger charge is 2.23. The summed E-state index contributed by atoms with van der Waals surface area (Å²) in [5.41, 5.74) is 1.32. The average Bonchev–Trinajstić information content (AvgIpc) is 3.05. The molecule has 0 bridgehead atoms. The van der Waals surface area contributed by atoms with Gasteiger partial charge < -0.3 is 5.32 Å². The lowest BCUT2D eigenvalue weighted by Gasteiger charge is -2.18. The first-order chi connectivity index (χ1) is 11.1. The van der Waals surface area contributed by atoms with Crippen molar-refractivity contribution in [3.05, 3.63) is 82.8 Å². The van der Waals surface area contributed by atoms with Crippen molar-refractivity contribution in [3.63, 3.8) is 0 Å². The van der Waals surface area contributed by atoms with Gasteiger partial charge in [-0.15, -0.1) is 0 Å². The Kier molecular flexibility index (Phi) is 4.52. The van der Waals surface area contributed by atoms with Crippen LogP contribution in [0.1, 0.15) is 11.6 Å². The van der Waals surface area contributed by atoms with Crippen molar-refractivity contribution < 1.29 is 9.18 Å². The Morgan fingerprint density at radius 1 is 1.17 bits per heavy atom. The van der Waals surface area contributed by atoms with E-state index in [9.17, 15) is 9.18 Å². The highest BCUT2D eigenvalue weighted by atomic mass is 79.9. The third-order valence-corrected chi connectivity index (χ3v) is 4.00. The van der Waals surface area contributed by atoms with Gasteiger partial charge in [0.2, 0.25) is 0 Å². The monoisotopic (exact) mass is 373 g/mol. The summed E-state index contributed by atoms with van der Waals surface area (Å²) in [5, 5.41) is 6.99. The number of anilines is 1. The normalized spacial score (nSPS) is 11.9.